The van der Waals surface area contributed by atoms with E-state index in [-0.39, 0.29) is 16.9 Å². The topological polar surface area (TPSA) is 182 Å². The van der Waals surface area contributed by atoms with Crippen molar-refractivity contribution in [2.75, 3.05) is 20.1 Å². The van der Waals surface area contributed by atoms with Crippen LogP contribution in [0.4, 0.5) is 0 Å². The molecule has 7 N–H and O–H groups in total. The van der Waals surface area contributed by atoms with Crippen molar-refractivity contribution >= 4 is 23.2 Å². The molecule has 0 bridgehead atoms. The number of nitrogens with two attached hydrogens (primary N) is 1. The number of primary amides is 1. The molecule has 10 nitrogen and oxygen atoms in total. The number of likely N-dealkylation sites (tertiary alicyclic amines) is 1. The lowest BCUT2D eigenvalue weighted by molar-refractivity contribution is -0.160. The standard InChI is InChI=1S/C28H34N2O8/c1-12-15-6-5-14(4-3-13-7-9-30(2)10-8-13)22(32)19(15)24(34)21-18(12)23(33)16-11-17(31)20(27(29)37)25(35)28(16,38)26(21)36/h5-6,12-13,16,18,23,32-35,38H,3-4,7-11H2,1-2H3,(H2,29,37)/t12-,16+,18+,23+,28+/m0/s1. The molecular weight excluding hydrogens is 492 g/mol. The molecule has 4 aliphatic rings. The number of nitrogens with zero attached hydrogens (tertiary/aromatic N) is 1. The van der Waals surface area contributed by atoms with Crippen molar-refractivity contribution in [3.05, 3.63) is 45.7 Å². The Labute approximate surface area is 220 Å². The monoisotopic (exact) mass is 526 g/mol. The first-order valence-electron chi connectivity index (χ1n) is 13.1. The summed E-state index contributed by atoms with van der Waals surface area (Å²) in [6, 6.07) is 3.56. The van der Waals surface area contributed by atoms with Crippen molar-refractivity contribution in [1.29, 1.82) is 0 Å². The lowest BCUT2D eigenvalue weighted by atomic mass is 9.55. The van der Waals surface area contributed by atoms with Crippen LogP contribution < -0.4 is 5.73 Å². The quantitative estimate of drug-likeness (QED) is 0.314. The summed E-state index contributed by atoms with van der Waals surface area (Å²) >= 11 is 0. The van der Waals surface area contributed by atoms with Crippen LogP contribution in [0.5, 0.6) is 5.75 Å². The molecule has 0 radical (unpaired) electrons. The van der Waals surface area contributed by atoms with E-state index in [0.29, 0.717) is 23.5 Å². The summed E-state index contributed by atoms with van der Waals surface area (Å²) in [5.74, 6) is -7.83. The van der Waals surface area contributed by atoms with Gasteiger partial charge in [-0.1, -0.05) is 19.1 Å². The van der Waals surface area contributed by atoms with E-state index in [1.54, 1.807) is 19.1 Å². The number of aliphatic hydroxyl groups is 4. The van der Waals surface area contributed by atoms with Gasteiger partial charge in [-0.3, -0.25) is 14.4 Å². The largest absolute Gasteiger partial charge is 0.508 e. The molecule has 0 unspecified atom stereocenters. The van der Waals surface area contributed by atoms with Crippen LogP contribution in [0.3, 0.4) is 0 Å². The Bertz CT molecular complexity index is 1290. The summed E-state index contributed by atoms with van der Waals surface area (Å²) in [7, 11) is 2.09. The molecule has 10 heteroatoms. The minimum absolute atomic E-state index is 0.0534. The number of piperidine rings is 1. The summed E-state index contributed by atoms with van der Waals surface area (Å²) in [4.78, 5) is 40.4. The van der Waals surface area contributed by atoms with Crippen molar-refractivity contribution in [3.63, 3.8) is 0 Å². The van der Waals surface area contributed by atoms with Gasteiger partial charge >= 0.3 is 0 Å². The Kier molecular flexibility index (Phi) is 6.40. The van der Waals surface area contributed by atoms with Gasteiger partial charge in [0.05, 0.1) is 11.7 Å². The number of hydrogen-bond acceptors (Lipinski definition) is 9. The zero-order chi connectivity index (χ0) is 27.7. The van der Waals surface area contributed by atoms with Crippen molar-refractivity contribution in [2.45, 2.75) is 56.7 Å². The molecule has 1 aromatic rings. The molecule has 1 aliphatic heterocycles. The highest BCUT2D eigenvalue weighted by Crippen LogP contribution is 2.55. The lowest BCUT2D eigenvalue weighted by Crippen LogP contribution is -2.63. The van der Waals surface area contributed by atoms with Crippen LogP contribution in [-0.2, 0) is 20.8 Å². The highest BCUT2D eigenvalue weighted by Gasteiger charge is 2.64. The number of carbonyl (C=O) groups is 3. The maximum atomic E-state index is 13.7. The Hall–Kier alpha value is -3.21. The number of aliphatic hydroxyl groups excluding tert-OH is 3. The van der Waals surface area contributed by atoms with E-state index in [2.05, 4.69) is 11.9 Å². The van der Waals surface area contributed by atoms with E-state index in [1.165, 1.54) is 0 Å². The van der Waals surface area contributed by atoms with Gasteiger partial charge in [-0.05, 0) is 68.8 Å². The predicted octanol–water partition coefficient (Wildman–Crippen LogP) is 1.23. The number of ketones is 2. The zero-order valence-electron chi connectivity index (χ0n) is 21.5. The van der Waals surface area contributed by atoms with E-state index in [1.807, 2.05) is 0 Å². The number of fused-ring (bicyclic) bond motifs is 3. The Balaban J connectivity index is 1.57. The van der Waals surface area contributed by atoms with Crippen molar-refractivity contribution in [3.8, 4) is 5.75 Å². The minimum Gasteiger partial charge on any atom is -0.508 e. The number of rotatable bonds is 4. The van der Waals surface area contributed by atoms with Gasteiger partial charge in [0.1, 0.15) is 22.8 Å². The van der Waals surface area contributed by atoms with Crippen LogP contribution in [-0.4, -0.2) is 79.7 Å². The normalized spacial score (nSPS) is 32.2. The fourth-order valence-electron chi connectivity index (χ4n) is 6.95. The van der Waals surface area contributed by atoms with Gasteiger partial charge in [0, 0.05) is 23.8 Å². The van der Waals surface area contributed by atoms with E-state index in [0.717, 1.165) is 32.4 Å². The maximum absolute atomic E-state index is 13.7. The van der Waals surface area contributed by atoms with Crippen LogP contribution in [0.25, 0.3) is 5.76 Å². The average Bonchev–Trinajstić information content (AvgIpc) is 2.86. The van der Waals surface area contributed by atoms with E-state index in [9.17, 15) is 39.9 Å². The van der Waals surface area contributed by atoms with Gasteiger partial charge in [0.15, 0.2) is 11.4 Å². The SMILES string of the molecule is C[C@H]1c2ccc(CCC3CCN(C)CC3)c(O)c2C(O)=C2C(=O)[C@]3(O)C(O)=C(C(N)=O)C(=O)C[C@@H]3[C@@H](O)[C@@H]21. The second-order valence-corrected chi connectivity index (χ2v) is 11.3. The molecule has 204 valence electrons. The van der Waals surface area contributed by atoms with Gasteiger partial charge in [-0.2, -0.15) is 0 Å². The van der Waals surface area contributed by atoms with Gasteiger partial charge < -0.3 is 36.2 Å². The molecule has 1 heterocycles. The Morgan fingerprint density at radius 1 is 1.16 bits per heavy atom. The first-order chi connectivity index (χ1) is 17.9. The third-order valence-electron chi connectivity index (χ3n) is 9.24. The molecule has 1 aromatic carbocycles. The number of phenolic OH excluding ortho intramolecular Hbond substituents is 1. The molecule has 5 rings (SSSR count). The highest BCUT2D eigenvalue weighted by atomic mass is 16.4. The number of amides is 1. The van der Waals surface area contributed by atoms with Crippen molar-refractivity contribution in [2.24, 2.45) is 23.5 Å². The summed E-state index contributed by atoms with van der Waals surface area (Å²) in [6.45, 7) is 3.76. The summed E-state index contributed by atoms with van der Waals surface area (Å²) < 4.78 is 0. The first-order valence-corrected chi connectivity index (χ1v) is 13.1. The molecule has 3 aliphatic carbocycles. The first kappa shape index (κ1) is 26.4. The van der Waals surface area contributed by atoms with Gasteiger partial charge in [-0.25, -0.2) is 0 Å². The summed E-state index contributed by atoms with van der Waals surface area (Å²) in [6.07, 6.45) is 1.45. The fraction of sp³-hybridized carbons (Fsp3) is 0.536. The zero-order valence-corrected chi connectivity index (χ0v) is 21.5. The molecule has 1 saturated heterocycles. The second-order valence-electron chi connectivity index (χ2n) is 11.3. The van der Waals surface area contributed by atoms with Crippen LogP contribution in [0.1, 0.15) is 55.2 Å². The Morgan fingerprint density at radius 2 is 1.82 bits per heavy atom. The molecule has 5 atom stereocenters. The van der Waals surface area contributed by atoms with Gasteiger partial charge in [0.2, 0.25) is 5.78 Å². The maximum Gasteiger partial charge on any atom is 0.255 e. The highest BCUT2D eigenvalue weighted by molar-refractivity contribution is 6.23. The lowest BCUT2D eigenvalue weighted by Gasteiger charge is -2.50. The molecular formula is C28H34N2O8. The minimum atomic E-state index is -2.82. The molecule has 1 amide bonds. The summed E-state index contributed by atoms with van der Waals surface area (Å²) in [5.41, 5.74) is 2.33. The van der Waals surface area contributed by atoms with E-state index >= 15 is 0 Å². The predicted molar refractivity (Wildman–Crippen MR) is 136 cm³/mol. The number of phenols is 1. The molecule has 2 fully saturated rings. The third kappa shape index (κ3) is 3.69. The van der Waals surface area contributed by atoms with Gasteiger partial charge in [0.25, 0.3) is 5.91 Å². The number of Topliss-reactive ketones (excluding diaryl/α,β-unsaturated/α-hetero) is 2. The van der Waals surface area contributed by atoms with Crippen LogP contribution in [0.2, 0.25) is 0 Å². The van der Waals surface area contributed by atoms with E-state index < -0.39 is 70.4 Å². The molecule has 38 heavy (non-hydrogen) atoms. The third-order valence-corrected chi connectivity index (χ3v) is 9.24. The van der Waals surface area contributed by atoms with Crippen molar-refractivity contribution in [1.82, 2.24) is 4.90 Å². The van der Waals surface area contributed by atoms with Crippen molar-refractivity contribution < 1.29 is 39.9 Å². The van der Waals surface area contributed by atoms with Gasteiger partial charge in [-0.15, -0.1) is 0 Å². The average molecular weight is 527 g/mol. The second kappa shape index (κ2) is 9.21. The molecule has 0 spiro atoms. The van der Waals surface area contributed by atoms with Crippen LogP contribution >= 0.6 is 0 Å². The van der Waals surface area contributed by atoms with Crippen LogP contribution in [0, 0.1) is 17.8 Å². The number of aromatic hydroxyl groups is 1. The fourth-order valence-corrected chi connectivity index (χ4v) is 6.95. The summed E-state index contributed by atoms with van der Waals surface area (Å²) in [5, 5.41) is 56.0. The number of aryl methyl sites for hydroxylation is 1. The number of carbonyl (C=O) groups excluding carboxylic acids is 3. The van der Waals surface area contributed by atoms with Crippen LogP contribution in [0.15, 0.2) is 29.0 Å². The smallest absolute Gasteiger partial charge is 0.255 e. The number of hydrogen-bond donors (Lipinski definition) is 6. The molecule has 1 saturated carbocycles. The Morgan fingerprint density at radius 3 is 2.45 bits per heavy atom. The molecule has 0 aromatic heterocycles. The number of benzene rings is 1. The van der Waals surface area contributed by atoms with E-state index in [4.69, 9.17) is 5.73 Å².